The smallest absolute Gasteiger partial charge is 0.417 e. The lowest BCUT2D eigenvalue weighted by molar-refractivity contribution is -0.137. The van der Waals surface area contributed by atoms with Crippen LogP contribution in [-0.2, 0) is 11.0 Å². The normalized spacial score (nSPS) is 11.0. The third-order valence-electron chi connectivity index (χ3n) is 3.29. The largest absolute Gasteiger partial charge is 0.484 e. The second kappa shape index (κ2) is 8.05. The van der Waals surface area contributed by atoms with Gasteiger partial charge in [-0.15, -0.1) is 0 Å². The van der Waals surface area contributed by atoms with E-state index in [0.717, 1.165) is 12.1 Å². The first kappa shape index (κ1) is 19.5. The molecule has 0 bridgehead atoms. The van der Waals surface area contributed by atoms with E-state index in [1.807, 2.05) is 0 Å². The van der Waals surface area contributed by atoms with Crippen molar-refractivity contribution in [3.8, 4) is 5.75 Å². The topological polar surface area (TPSA) is 77.8 Å². The van der Waals surface area contributed by atoms with E-state index < -0.39 is 22.7 Å². The molecule has 2 aromatic carbocycles. The third kappa shape index (κ3) is 5.09. The van der Waals surface area contributed by atoms with Crippen molar-refractivity contribution in [3.05, 3.63) is 53.1 Å². The van der Waals surface area contributed by atoms with Crippen LogP contribution >= 0.6 is 11.6 Å². The molecule has 138 valence electrons. The van der Waals surface area contributed by atoms with Crippen LogP contribution in [-0.4, -0.2) is 19.6 Å². The van der Waals surface area contributed by atoms with Gasteiger partial charge >= 0.3 is 6.18 Å². The fraction of sp³-hybridized carbons (Fsp3) is 0.188. The molecule has 0 spiro atoms. The standard InChI is InChI=1S/C16H14ClF3N4O2/c1-24(23-21)11-3-5-12(6-4-11)26-9-15(25)22-10-2-7-14(17)13(8-10)16(18,19)20/h2-8,21H,9H2,1H3,(H,22,25). The van der Waals surface area contributed by atoms with Crippen LogP contribution in [0.15, 0.2) is 47.7 Å². The number of carbonyl (C=O) groups is 1. The minimum Gasteiger partial charge on any atom is -0.484 e. The van der Waals surface area contributed by atoms with E-state index in [-0.39, 0.29) is 12.3 Å². The molecule has 0 unspecified atom stereocenters. The average molecular weight is 387 g/mol. The van der Waals surface area contributed by atoms with E-state index in [1.54, 1.807) is 31.3 Å². The van der Waals surface area contributed by atoms with Crippen LogP contribution in [0, 0.1) is 5.53 Å². The zero-order valence-electron chi connectivity index (χ0n) is 13.5. The van der Waals surface area contributed by atoms with E-state index >= 15 is 0 Å². The molecule has 0 saturated heterocycles. The summed E-state index contributed by atoms with van der Waals surface area (Å²) in [6.45, 7) is -0.387. The fourth-order valence-electron chi connectivity index (χ4n) is 1.98. The lowest BCUT2D eigenvalue weighted by Crippen LogP contribution is -2.20. The summed E-state index contributed by atoms with van der Waals surface area (Å²) in [5.74, 6) is -0.239. The highest BCUT2D eigenvalue weighted by atomic mass is 35.5. The molecule has 0 atom stereocenters. The third-order valence-corrected chi connectivity index (χ3v) is 3.62. The van der Waals surface area contributed by atoms with Crippen LogP contribution in [0.4, 0.5) is 24.5 Å². The molecule has 0 saturated carbocycles. The van der Waals surface area contributed by atoms with Crippen molar-refractivity contribution >= 4 is 28.9 Å². The summed E-state index contributed by atoms with van der Waals surface area (Å²) in [6.07, 6.45) is -4.62. The predicted molar refractivity (Wildman–Crippen MR) is 90.6 cm³/mol. The first-order valence-corrected chi connectivity index (χ1v) is 7.59. The summed E-state index contributed by atoms with van der Waals surface area (Å²) in [4.78, 5) is 11.9. The minimum absolute atomic E-state index is 0.0376. The Morgan fingerprint density at radius 2 is 1.92 bits per heavy atom. The van der Waals surface area contributed by atoms with Gasteiger partial charge in [0.15, 0.2) is 6.61 Å². The number of rotatable bonds is 6. The number of halogens is 4. The van der Waals surface area contributed by atoms with E-state index in [4.69, 9.17) is 21.9 Å². The maximum atomic E-state index is 12.8. The zero-order chi connectivity index (χ0) is 19.3. The average Bonchev–Trinajstić information content (AvgIpc) is 2.60. The van der Waals surface area contributed by atoms with E-state index in [0.29, 0.717) is 11.4 Å². The molecule has 2 aromatic rings. The van der Waals surface area contributed by atoms with Gasteiger partial charge in [-0.1, -0.05) is 16.8 Å². The van der Waals surface area contributed by atoms with Crippen molar-refractivity contribution < 1.29 is 22.7 Å². The SMILES string of the molecule is CN(N=N)c1ccc(OCC(=O)Nc2ccc(Cl)c(C(F)(F)F)c2)cc1. The fourth-order valence-corrected chi connectivity index (χ4v) is 2.21. The highest BCUT2D eigenvalue weighted by Gasteiger charge is 2.33. The maximum absolute atomic E-state index is 12.8. The molecular weight excluding hydrogens is 373 g/mol. The van der Waals surface area contributed by atoms with Crippen LogP contribution in [0.1, 0.15) is 5.56 Å². The highest BCUT2D eigenvalue weighted by Crippen LogP contribution is 2.36. The molecule has 0 aromatic heterocycles. The molecular formula is C16H14ClF3N4O2. The molecule has 0 heterocycles. The molecule has 0 fully saturated rings. The number of nitrogens with one attached hydrogen (secondary N) is 2. The van der Waals surface area contributed by atoms with Gasteiger partial charge in [-0.3, -0.25) is 9.80 Å². The maximum Gasteiger partial charge on any atom is 0.417 e. The Bertz CT molecular complexity index is 797. The van der Waals surface area contributed by atoms with Gasteiger partial charge in [-0.25, -0.2) is 0 Å². The molecule has 0 radical (unpaired) electrons. The Balaban J connectivity index is 1.96. The van der Waals surface area contributed by atoms with Crippen molar-refractivity contribution in [3.63, 3.8) is 0 Å². The molecule has 1 amide bonds. The quantitative estimate of drug-likeness (QED) is 0.555. The second-order valence-corrected chi connectivity index (χ2v) is 5.55. The predicted octanol–water partition coefficient (Wildman–Crippen LogP) is 4.76. The summed E-state index contributed by atoms with van der Waals surface area (Å²) in [5, 5.41) is 6.43. The molecule has 0 aliphatic carbocycles. The highest BCUT2D eigenvalue weighted by molar-refractivity contribution is 6.31. The van der Waals surface area contributed by atoms with Gasteiger partial charge in [0.05, 0.1) is 16.3 Å². The summed E-state index contributed by atoms with van der Waals surface area (Å²) >= 11 is 5.52. The van der Waals surface area contributed by atoms with Crippen molar-refractivity contribution in [2.45, 2.75) is 6.18 Å². The first-order valence-electron chi connectivity index (χ1n) is 7.21. The Morgan fingerprint density at radius 3 is 2.50 bits per heavy atom. The Kier molecular flexibility index (Phi) is 6.04. The van der Waals surface area contributed by atoms with Crippen molar-refractivity contribution in [1.29, 1.82) is 5.53 Å². The van der Waals surface area contributed by atoms with E-state index in [9.17, 15) is 18.0 Å². The Hall–Kier alpha value is -2.81. The van der Waals surface area contributed by atoms with Crippen molar-refractivity contribution in [2.75, 3.05) is 24.0 Å². The van der Waals surface area contributed by atoms with Gasteiger partial charge < -0.3 is 10.1 Å². The molecule has 10 heteroatoms. The number of benzene rings is 2. The summed E-state index contributed by atoms with van der Waals surface area (Å²) < 4.78 is 43.7. The van der Waals surface area contributed by atoms with Crippen LogP contribution < -0.4 is 15.1 Å². The molecule has 6 nitrogen and oxygen atoms in total. The summed E-state index contributed by atoms with van der Waals surface area (Å²) in [6, 6.07) is 9.52. The van der Waals surface area contributed by atoms with Crippen LogP contribution in [0.25, 0.3) is 0 Å². The lowest BCUT2D eigenvalue weighted by atomic mass is 10.2. The minimum atomic E-state index is -4.62. The van der Waals surface area contributed by atoms with E-state index in [2.05, 4.69) is 10.5 Å². The molecule has 0 aliphatic rings. The zero-order valence-corrected chi connectivity index (χ0v) is 14.2. The molecule has 26 heavy (non-hydrogen) atoms. The van der Waals surface area contributed by atoms with Gasteiger partial charge in [0.2, 0.25) is 0 Å². The van der Waals surface area contributed by atoms with Crippen LogP contribution in [0.3, 0.4) is 0 Å². The second-order valence-electron chi connectivity index (χ2n) is 5.15. The summed E-state index contributed by atoms with van der Waals surface area (Å²) in [7, 11) is 1.59. The number of hydrogen-bond acceptors (Lipinski definition) is 4. The van der Waals surface area contributed by atoms with Crippen molar-refractivity contribution in [1.82, 2.24) is 0 Å². The number of anilines is 2. The van der Waals surface area contributed by atoms with Gasteiger partial charge in [0.25, 0.3) is 5.91 Å². The van der Waals surface area contributed by atoms with Gasteiger partial charge in [-0.05, 0) is 42.5 Å². The Labute approximate surface area is 152 Å². The number of ether oxygens (including phenoxy) is 1. The van der Waals surface area contributed by atoms with Gasteiger partial charge in [0, 0.05) is 12.7 Å². The first-order chi connectivity index (χ1) is 12.2. The number of alkyl halides is 3. The number of hydrogen-bond donors (Lipinski definition) is 2. The molecule has 2 rings (SSSR count). The number of amides is 1. The summed E-state index contributed by atoms with van der Waals surface area (Å²) in [5.41, 5.74) is 6.48. The van der Waals surface area contributed by atoms with Gasteiger partial charge in [0.1, 0.15) is 5.75 Å². The van der Waals surface area contributed by atoms with Crippen LogP contribution in [0.2, 0.25) is 5.02 Å². The molecule has 0 aliphatic heterocycles. The lowest BCUT2D eigenvalue weighted by Gasteiger charge is -2.13. The Morgan fingerprint density at radius 1 is 1.27 bits per heavy atom. The monoisotopic (exact) mass is 386 g/mol. The van der Waals surface area contributed by atoms with Gasteiger partial charge in [-0.2, -0.15) is 18.7 Å². The number of carbonyl (C=O) groups excluding carboxylic acids is 1. The molecule has 2 N–H and O–H groups in total. The van der Waals surface area contributed by atoms with E-state index in [1.165, 1.54) is 11.1 Å². The number of nitrogens with zero attached hydrogens (tertiary/aromatic N) is 2. The van der Waals surface area contributed by atoms with Crippen molar-refractivity contribution in [2.24, 2.45) is 5.22 Å². The van der Waals surface area contributed by atoms with Crippen LogP contribution in [0.5, 0.6) is 5.75 Å².